The van der Waals surface area contributed by atoms with Crippen LogP contribution in [-0.4, -0.2) is 14.9 Å². The number of benzene rings is 3. The Morgan fingerprint density at radius 1 is 0.879 bits per heavy atom. The molecule has 3 aromatic carbocycles. The molecule has 0 spiro atoms. The van der Waals surface area contributed by atoms with E-state index in [0.717, 1.165) is 35.7 Å². The minimum Gasteiger partial charge on any atom is -0.342 e. The first kappa shape index (κ1) is 21.8. The van der Waals surface area contributed by atoms with Crippen molar-refractivity contribution in [1.82, 2.24) is 9.97 Å². The van der Waals surface area contributed by atoms with Crippen molar-refractivity contribution >= 4 is 23.0 Å². The lowest BCUT2D eigenvalue weighted by molar-refractivity contribution is -0.383. The van der Waals surface area contributed by atoms with Gasteiger partial charge in [-0.05, 0) is 23.3 Å². The van der Waals surface area contributed by atoms with Crippen molar-refractivity contribution in [3.63, 3.8) is 0 Å². The van der Waals surface area contributed by atoms with Crippen LogP contribution in [0.2, 0.25) is 0 Å². The summed E-state index contributed by atoms with van der Waals surface area (Å²) in [6, 6.07) is 21.7. The second-order valence-corrected chi connectivity index (χ2v) is 7.23. The van der Waals surface area contributed by atoms with Gasteiger partial charge >= 0.3 is 5.69 Å². The molecule has 0 radical (unpaired) electrons. The van der Waals surface area contributed by atoms with E-state index in [1.165, 1.54) is 0 Å². The fraction of sp³-hybridized carbons (Fsp3) is 0.0833. The summed E-state index contributed by atoms with van der Waals surface area (Å²) in [4.78, 5) is 21.3. The fourth-order valence-electron chi connectivity index (χ4n) is 3.39. The monoisotopic (exact) mass is 447 g/mol. The zero-order chi connectivity index (χ0) is 23.2. The molecule has 1 heterocycles. The van der Waals surface area contributed by atoms with Crippen LogP contribution in [0.4, 0.5) is 31.8 Å². The second kappa shape index (κ2) is 9.82. The average molecular weight is 447 g/mol. The van der Waals surface area contributed by atoms with Gasteiger partial charge in [-0.2, -0.15) is 0 Å². The summed E-state index contributed by atoms with van der Waals surface area (Å²) in [6.45, 7) is 0.669. The minimum absolute atomic E-state index is 0.0574. The third kappa shape index (κ3) is 5.27. The third-order valence-corrected chi connectivity index (χ3v) is 4.90. The summed E-state index contributed by atoms with van der Waals surface area (Å²) in [5, 5.41) is 14.6. The van der Waals surface area contributed by atoms with E-state index in [-0.39, 0.29) is 17.3 Å². The summed E-state index contributed by atoms with van der Waals surface area (Å²) in [5.74, 6) is -1.63. The molecule has 0 saturated carbocycles. The predicted molar refractivity (Wildman–Crippen MR) is 121 cm³/mol. The first-order valence-corrected chi connectivity index (χ1v) is 10.1. The van der Waals surface area contributed by atoms with Crippen molar-refractivity contribution in [3.8, 4) is 0 Å². The number of nitro groups is 1. The quantitative estimate of drug-likeness (QED) is 0.279. The number of anilines is 3. The molecule has 1 aromatic heterocycles. The third-order valence-electron chi connectivity index (χ3n) is 4.90. The zero-order valence-corrected chi connectivity index (χ0v) is 17.4. The van der Waals surface area contributed by atoms with E-state index in [0.29, 0.717) is 13.1 Å². The van der Waals surface area contributed by atoms with Crippen LogP contribution in [-0.2, 0) is 13.1 Å². The number of rotatable bonds is 8. The van der Waals surface area contributed by atoms with Gasteiger partial charge in [0.2, 0.25) is 11.6 Å². The van der Waals surface area contributed by atoms with Gasteiger partial charge < -0.3 is 10.2 Å². The van der Waals surface area contributed by atoms with Gasteiger partial charge in [-0.15, -0.1) is 0 Å². The van der Waals surface area contributed by atoms with Gasteiger partial charge in [-0.25, -0.2) is 18.7 Å². The molecule has 0 aliphatic rings. The van der Waals surface area contributed by atoms with Crippen LogP contribution in [0.15, 0.2) is 85.2 Å². The first-order chi connectivity index (χ1) is 16.0. The molecule has 0 amide bonds. The number of hydrogen-bond acceptors (Lipinski definition) is 6. The maximum atomic E-state index is 14.2. The van der Waals surface area contributed by atoms with Crippen molar-refractivity contribution in [2.24, 2.45) is 0 Å². The summed E-state index contributed by atoms with van der Waals surface area (Å²) in [6.07, 6.45) is 1.16. The van der Waals surface area contributed by atoms with E-state index in [9.17, 15) is 18.9 Å². The maximum absolute atomic E-state index is 14.2. The molecule has 4 rings (SSSR count). The summed E-state index contributed by atoms with van der Waals surface area (Å²) >= 11 is 0. The van der Waals surface area contributed by atoms with Crippen LogP contribution >= 0.6 is 0 Å². The molecule has 0 aliphatic carbocycles. The highest BCUT2D eigenvalue weighted by Gasteiger charge is 2.28. The molecule has 0 aliphatic heterocycles. The molecule has 4 aromatic rings. The van der Waals surface area contributed by atoms with E-state index >= 15 is 0 Å². The Morgan fingerprint density at radius 2 is 1.48 bits per heavy atom. The highest BCUT2D eigenvalue weighted by Crippen LogP contribution is 2.35. The molecular formula is C24H19F2N5O2. The van der Waals surface area contributed by atoms with Crippen LogP contribution in [0.3, 0.4) is 0 Å². The lowest BCUT2D eigenvalue weighted by Gasteiger charge is -2.24. The lowest BCUT2D eigenvalue weighted by atomic mass is 10.1. The van der Waals surface area contributed by atoms with Crippen molar-refractivity contribution in [2.45, 2.75) is 13.1 Å². The molecule has 0 fully saturated rings. The average Bonchev–Trinajstić information content (AvgIpc) is 2.82. The highest BCUT2D eigenvalue weighted by atomic mass is 19.1. The summed E-state index contributed by atoms with van der Waals surface area (Å²) < 4.78 is 27.8. The topological polar surface area (TPSA) is 84.2 Å². The molecule has 0 saturated heterocycles. The normalized spacial score (nSPS) is 10.6. The van der Waals surface area contributed by atoms with Crippen LogP contribution in [0.25, 0.3) is 0 Å². The van der Waals surface area contributed by atoms with Crippen molar-refractivity contribution in [3.05, 3.63) is 118 Å². The van der Waals surface area contributed by atoms with Gasteiger partial charge in [-0.1, -0.05) is 60.7 Å². The molecule has 0 atom stereocenters. The van der Waals surface area contributed by atoms with Crippen molar-refractivity contribution in [2.75, 3.05) is 10.2 Å². The van der Waals surface area contributed by atoms with Crippen LogP contribution < -0.4 is 10.2 Å². The molecule has 0 unspecified atom stereocenters. The number of hydrogen-bond donors (Lipinski definition) is 1. The van der Waals surface area contributed by atoms with Gasteiger partial charge in [0.1, 0.15) is 18.0 Å². The van der Waals surface area contributed by atoms with E-state index in [2.05, 4.69) is 15.3 Å². The Labute approximate surface area is 188 Å². The van der Waals surface area contributed by atoms with Crippen LogP contribution in [0, 0.1) is 21.7 Å². The molecule has 0 bridgehead atoms. The van der Waals surface area contributed by atoms with E-state index < -0.39 is 22.2 Å². The largest absolute Gasteiger partial charge is 0.353 e. The van der Waals surface area contributed by atoms with Gasteiger partial charge in [0.15, 0.2) is 0 Å². The Kier molecular flexibility index (Phi) is 6.49. The summed E-state index contributed by atoms with van der Waals surface area (Å²) in [7, 11) is 0. The zero-order valence-electron chi connectivity index (χ0n) is 17.4. The molecular weight excluding hydrogens is 428 g/mol. The summed E-state index contributed by atoms with van der Waals surface area (Å²) in [5.41, 5.74) is 1.15. The number of nitrogens with zero attached hydrogens (tertiary/aromatic N) is 4. The second-order valence-electron chi connectivity index (χ2n) is 7.23. The van der Waals surface area contributed by atoms with Crippen molar-refractivity contribution < 1.29 is 13.7 Å². The molecule has 7 nitrogen and oxygen atoms in total. The standard InChI is InChI=1S/C24H19F2N5O2/c25-19-11-12-20(26)21(13-19)29-23-22(31(32)33)24(28-16-27-23)30(14-17-7-3-1-4-8-17)15-18-9-5-2-6-10-18/h1-13,16H,14-15H2,(H,27,28,29). The van der Waals surface area contributed by atoms with Crippen molar-refractivity contribution in [1.29, 1.82) is 0 Å². The van der Waals surface area contributed by atoms with Crippen LogP contribution in [0.1, 0.15) is 11.1 Å². The Morgan fingerprint density at radius 3 is 2.06 bits per heavy atom. The van der Waals surface area contributed by atoms with Gasteiger partial charge in [0, 0.05) is 19.2 Å². The van der Waals surface area contributed by atoms with E-state index in [4.69, 9.17) is 0 Å². The number of nitrogens with one attached hydrogen (secondary N) is 1. The number of halogens is 2. The number of aromatic nitrogens is 2. The van der Waals surface area contributed by atoms with Gasteiger partial charge in [-0.3, -0.25) is 10.1 Å². The molecule has 9 heteroatoms. The van der Waals surface area contributed by atoms with Crippen LogP contribution in [0.5, 0.6) is 0 Å². The fourth-order valence-corrected chi connectivity index (χ4v) is 3.39. The van der Waals surface area contributed by atoms with E-state index in [1.54, 1.807) is 4.90 Å². The minimum atomic E-state index is -0.767. The SMILES string of the molecule is O=[N+]([O-])c1c(Nc2cc(F)ccc2F)ncnc1N(Cc1ccccc1)Cc1ccccc1. The Hall–Kier alpha value is -4.40. The van der Waals surface area contributed by atoms with Gasteiger partial charge in [0.05, 0.1) is 10.6 Å². The van der Waals surface area contributed by atoms with E-state index in [1.807, 2.05) is 60.7 Å². The smallest absolute Gasteiger partial charge is 0.342 e. The molecule has 33 heavy (non-hydrogen) atoms. The predicted octanol–water partition coefficient (Wildman–Crippen LogP) is 5.61. The van der Waals surface area contributed by atoms with Gasteiger partial charge in [0.25, 0.3) is 0 Å². The first-order valence-electron chi connectivity index (χ1n) is 10.1. The highest BCUT2D eigenvalue weighted by molar-refractivity contribution is 5.74. The molecule has 166 valence electrons. The maximum Gasteiger partial charge on any atom is 0.353 e. The lowest BCUT2D eigenvalue weighted by Crippen LogP contribution is -2.24. The Bertz CT molecular complexity index is 1210. The molecule has 1 N–H and O–H groups in total. The Balaban J connectivity index is 1.77.